The lowest BCUT2D eigenvalue weighted by atomic mass is 10.1. The summed E-state index contributed by atoms with van der Waals surface area (Å²) < 4.78 is 0. The number of benzene rings is 2. The first kappa shape index (κ1) is 18.6. The lowest BCUT2D eigenvalue weighted by molar-refractivity contribution is 0.101. The van der Waals surface area contributed by atoms with Crippen LogP contribution in [-0.4, -0.2) is 21.3 Å². The van der Waals surface area contributed by atoms with E-state index in [2.05, 4.69) is 41.4 Å². The molecule has 0 unspecified atom stereocenters. The van der Waals surface area contributed by atoms with Gasteiger partial charge in [-0.3, -0.25) is 4.79 Å². The van der Waals surface area contributed by atoms with E-state index in [1.807, 2.05) is 48.5 Å². The standard InChI is InChI=1S/C22H24N4O/c1-15(27)16-10-12-18(13-11-16)23-19-14-20(26-22(2,3)4)25-21(24-19)17-8-6-5-7-9-17/h5-14H,1-4H3,(H2,23,24,25,26). The Hall–Kier alpha value is -3.21. The van der Waals surface area contributed by atoms with Crippen molar-refractivity contribution >= 4 is 23.1 Å². The molecule has 0 amide bonds. The predicted octanol–water partition coefficient (Wildman–Crippen LogP) is 5.30. The molecular formula is C22H24N4O. The number of carbonyl (C=O) groups is 1. The van der Waals surface area contributed by atoms with Crippen LogP contribution in [0.2, 0.25) is 0 Å². The minimum atomic E-state index is -0.122. The van der Waals surface area contributed by atoms with Gasteiger partial charge in [0.25, 0.3) is 0 Å². The molecule has 5 nitrogen and oxygen atoms in total. The molecular weight excluding hydrogens is 336 g/mol. The van der Waals surface area contributed by atoms with E-state index in [9.17, 15) is 4.79 Å². The second-order valence-corrected chi connectivity index (χ2v) is 7.46. The van der Waals surface area contributed by atoms with Crippen molar-refractivity contribution < 1.29 is 4.79 Å². The molecule has 0 bridgehead atoms. The number of aromatic nitrogens is 2. The van der Waals surface area contributed by atoms with E-state index >= 15 is 0 Å². The van der Waals surface area contributed by atoms with Crippen LogP contribution < -0.4 is 10.6 Å². The van der Waals surface area contributed by atoms with E-state index in [1.165, 1.54) is 0 Å². The predicted molar refractivity (Wildman–Crippen MR) is 111 cm³/mol. The molecule has 0 saturated carbocycles. The molecule has 0 aliphatic carbocycles. The van der Waals surface area contributed by atoms with E-state index in [0.717, 1.165) is 17.1 Å². The molecule has 2 N–H and O–H groups in total. The Morgan fingerprint density at radius 3 is 2.11 bits per heavy atom. The third-order valence-electron chi connectivity index (χ3n) is 3.83. The van der Waals surface area contributed by atoms with Crippen LogP contribution in [0.4, 0.5) is 17.3 Å². The third kappa shape index (κ3) is 5.14. The number of ketones is 1. The van der Waals surface area contributed by atoms with Crippen LogP contribution in [0.1, 0.15) is 38.1 Å². The number of rotatable bonds is 5. The Kier molecular flexibility index (Phi) is 5.21. The van der Waals surface area contributed by atoms with Crippen LogP contribution in [0.5, 0.6) is 0 Å². The van der Waals surface area contributed by atoms with Crippen LogP contribution in [0.25, 0.3) is 11.4 Å². The first-order valence-electron chi connectivity index (χ1n) is 8.91. The second-order valence-electron chi connectivity index (χ2n) is 7.46. The molecule has 2 aromatic carbocycles. The summed E-state index contributed by atoms with van der Waals surface area (Å²) in [5.74, 6) is 2.13. The molecule has 0 saturated heterocycles. The van der Waals surface area contributed by atoms with E-state index in [-0.39, 0.29) is 11.3 Å². The zero-order chi connectivity index (χ0) is 19.4. The van der Waals surface area contributed by atoms with Gasteiger partial charge in [-0.25, -0.2) is 9.97 Å². The van der Waals surface area contributed by atoms with Gasteiger partial charge in [0.1, 0.15) is 11.6 Å². The highest BCUT2D eigenvalue weighted by molar-refractivity contribution is 5.94. The van der Waals surface area contributed by atoms with Crippen LogP contribution >= 0.6 is 0 Å². The van der Waals surface area contributed by atoms with Gasteiger partial charge < -0.3 is 10.6 Å². The molecule has 0 aliphatic rings. The van der Waals surface area contributed by atoms with Crippen LogP contribution in [0.15, 0.2) is 60.7 Å². The number of carbonyl (C=O) groups excluding carboxylic acids is 1. The maximum Gasteiger partial charge on any atom is 0.163 e. The van der Waals surface area contributed by atoms with Crippen LogP contribution in [0.3, 0.4) is 0 Å². The van der Waals surface area contributed by atoms with Gasteiger partial charge in [-0.1, -0.05) is 30.3 Å². The summed E-state index contributed by atoms with van der Waals surface area (Å²) in [6.07, 6.45) is 0. The van der Waals surface area contributed by atoms with Gasteiger partial charge in [0, 0.05) is 28.4 Å². The minimum Gasteiger partial charge on any atom is -0.365 e. The topological polar surface area (TPSA) is 66.9 Å². The number of nitrogens with one attached hydrogen (secondary N) is 2. The molecule has 27 heavy (non-hydrogen) atoms. The van der Waals surface area contributed by atoms with Gasteiger partial charge >= 0.3 is 0 Å². The lowest BCUT2D eigenvalue weighted by Crippen LogP contribution is -2.26. The average Bonchev–Trinajstić information content (AvgIpc) is 2.61. The quantitative estimate of drug-likeness (QED) is 0.604. The van der Waals surface area contributed by atoms with Crippen molar-refractivity contribution in [3.8, 4) is 11.4 Å². The molecule has 0 fully saturated rings. The molecule has 1 aromatic heterocycles. The van der Waals surface area contributed by atoms with Gasteiger partial charge in [-0.15, -0.1) is 0 Å². The molecule has 5 heteroatoms. The molecule has 3 rings (SSSR count). The van der Waals surface area contributed by atoms with Gasteiger partial charge in [0.2, 0.25) is 0 Å². The van der Waals surface area contributed by atoms with Crippen molar-refractivity contribution in [2.45, 2.75) is 33.2 Å². The maximum absolute atomic E-state index is 11.4. The van der Waals surface area contributed by atoms with E-state index in [4.69, 9.17) is 0 Å². The van der Waals surface area contributed by atoms with Gasteiger partial charge in [-0.05, 0) is 52.0 Å². The summed E-state index contributed by atoms with van der Waals surface area (Å²) in [6.45, 7) is 7.82. The Balaban J connectivity index is 1.95. The summed E-state index contributed by atoms with van der Waals surface area (Å²) >= 11 is 0. The Bertz CT molecular complexity index is 929. The third-order valence-corrected chi connectivity index (χ3v) is 3.83. The molecule has 0 radical (unpaired) electrons. The largest absolute Gasteiger partial charge is 0.365 e. The van der Waals surface area contributed by atoms with E-state index in [0.29, 0.717) is 17.2 Å². The Morgan fingerprint density at radius 1 is 0.889 bits per heavy atom. The number of nitrogens with zero attached hydrogens (tertiary/aromatic N) is 2. The first-order valence-corrected chi connectivity index (χ1v) is 8.91. The number of hydrogen-bond donors (Lipinski definition) is 2. The maximum atomic E-state index is 11.4. The summed E-state index contributed by atoms with van der Waals surface area (Å²) in [7, 11) is 0. The molecule has 138 valence electrons. The van der Waals surface area contributed by atoms with Crippen molar-refractivity contribution in [1.82, 2.24) is 9.97 Å². The number of hydrogen-bond acceptors (Lipinski definition) is 5. The van der Waals surface area contributed by atoms with Crippen LogP contribution in [-0.2, 0) is 0 Å². The molecule has 0 aliphatic heterocycles. The lowest BCUT2D eigenvalue weighted by Gasteiger charge is -2.22. The monoisotopic (exact) mass is 360 g/mol. The summed E-state index contributed by atoms with van der Waals surface area (Å²) in [4.78, 5) is 20.8. The number of Topliss-reactive ketones (excluding diaryl/α,β-unsaturated/α-hetero) is 1. The first-order chi connectivity index (χ1) is 12.8. The second kappa shape index (κ2) is 7.58. The fraction of sp³-hybridized carbons (Fsp3) is 0.227. The van der Waals surface area contributed by atoms with E-state index < -0.39 is 0 Å². The summed E-state index contributed by atoms with van der Waals surface area (Å²) in [5.41, 5.74) is 2.37. The zero-order valence-corrected chi connectivity index (χ0v) is 16.1. The smallest absolute Gasteiger partial charge is 0.163 e. The van der Waals surface area contributed by atoms with Gasteiger partial charge in [0.15, 0.2) is 11.6 Å². The molecule has 1 heterocycles. The molecule has 3 aromatic rings. The van der Waals surface area contributed by atoms with Crippen molar-refractivity contribution in [2.75, 3.05) is 10.6 Å². The fourth-order valence-corrected chi connectivity index (χ4v) is 2.61. The highest BCUT2D eigenvalue weighted by Crippen LogP contribution is 2.24. The highest BCUT2D eigenvalue weighted by Gasteiger charge is 2.13. The zero-order valence-electron chi connectivity index (χ0n) is 16.1. The summed E-state index contributed by atoms with van der Waals surface area (Å²) in [5, 5.41) is 6.71. The van der Waals surface area contributed by atoms with Crippen molar-refractivity contribution in [3.63, 3.8) is 0 Å². The van der Waals surface area contributed by atoms with Crippen molar-refractivity contribution in [2.24, 2.45) is 0 Å². The van der Waals surface area contributed by atoms with Gasteiger partial charge in [0.05, 0.1) is 0 Å². The van der Waals surface area contributed by atoms with Gasteiger partial charge in [-0.2, -0.15) is 0 Å². The summed E-state index contributed by atoms with van der Waals surface area (Å²) in [6, 6.07) is 19.1. The normalized spacial score (nSPS) is 11.1. The fourth-order valence-electron chi connectivity index (χ4n) is 2.61. The molecule has 0 atom stereocenters. The Morgan fingerprint density at radius 2 is 1.52 bits per heavy atom. The molecule has 0 spiro atoms. The van der Waals surface area contributed by atoms with Crippen molar-refractivity contribution in [3.05, 3.63) is 66.2 Å². The minimum absolute atomic E-state index is 0.0478. The number of anilines is 3. The Labute approximate surface area is 159 Å². The van der Waals surface area contributed by atoms with Crippen molar-refractivity contribution in [1.29, 1.82) is 0 Å². The van der Waals surface area contributed by atoms with E-state index in [1.54, 1.807) is 19.1 Å². The average molecular weight is 360 g/mol. The highest BCUT2D eigenvalue weighted by atomic mass is 16.1. The SMILES string of the molecule is CC(=O)c1ccc(Nc2cc(NC(C)(C)C)nc(-c3ccccc3)n2)cc1. The van der Waals surface area contributed by atoms with Crippen LogP contribution in [0, 0.1) is 0 Å².